The molecule has 1 fully saturated rings. The molecule has 2 aliphatic rings. The molecule has 0 bridgehead atoms. The van der Waals surface area contributed by atoms with Crippen LogP contribution in [0, 0.1) is 0 Å². The number of nitrogens with one attached hydrogen (secondary N) is 1. The Bertz CT molecular complexity index is 1060. The molecule has 2 heterocycles. The zero-order valence-electron chi connectivity index (χ0n) is 14.7. The minimum atomic E-state index is -0.923. The van der Waals surface area contributed by atoms with Crippen LogP contribution in [0.2, 0.25) is 0 Å². The number of ether oxygens (including phenoxy) is 2. The zero-order valence-corrected chi connectivity index (χ0v) is 16.3. The molecule has 1 aliphatic carbocycles. The summed E-state index contributed by atoms with van der Waals surface area (Å²) < 4.78 is 11.9. The average Bonchev–Trinajstić information content (AvgIpc) is 3.11. The summed E-state index contributed by atoms with van der Waals surface area (Å²) in [6.45, 7) is 0.273. The molecule has 0 radical (unpaired) electrons. The van der Waals surface area contributed by atoms with Crippen LogP contribution in [0.1, 0.15) is 28.8 Å². The van der Waals surface area contributed by atoms with Crippen LogP contribution in [0.25, 0.3) is 0 Å². The van der Waals surface area contributed by atoms with Gasteiger partial charge in [-0.1, -0.05) is 35.2 Å². The number of fused-ring (bicyclic) bond motifs is 1. The number of carbonyl (C=O) groups is 1. The molecule has 6 nitrogen and oxygen atoms in total. The van der Waals surface area contributed by atoms with Crippen molar-refractivity contribution in [3.63, 3.8) is 0 Å². The van der Waals surface area contributed by atoms with Crippen molar-refractivity contribution in [2.45, 2.75) is 27.5 Å². The molecule has 0 spiro atoms. The van der Waals surface area contributed by atoms with Gasteiger partial charge < -0.3 is 19.9 Å². The SMILES string of the molecule is O=C(O)c1cccc(Sc2cnc(NC3(c4ccc5c(c4)OCO5)CC3)s2)c1. The van der Waals surface area contributed by atoms with E-state index in [1.165, 1.54) is 17.3 Å². The van der Waals surface area contributed by atoms with E-state index < -0.39 is 5.97 Å². The summed E-state index contributed by atoms with van der Waals surface area (Å²) in [5.41, 5.74) is 1.35. The fraction of sp³-hybridized carbons (Fsp3) is 0.200. The molecule has 1 saturated carbocycles. The Morgan fingerprint density at radius 3 is 2.86 bits per heavy atom. The second-order valence-electron chi connectivity index (χ2n) is 6.69. The molecular weight excluding hydrogens is 396 g/mol. The molecule has 5 rings (SSSR count). The highest BCUT2D eigenvalue weighted by Gasteiger charge is 2.45. The van der Waals surface area contributed by atoms with E-state index >= 15 is 0 Å². The van der Waals surface area contributed by atoms with Crippen LogP contribution in [-0.4, -0.2) is 22.9 Å². The Morgan fingerprint density at radius 1 is 1.18 bits per heavy atom. The van der Waals surface area contributed by atoms with E-state index in [9.17, 15) is 4.79 Å². The van der Waals surface area contributed by atoms with Gasteiger partial charge in [0, 0.05) is 4.90 Å². The van der Waals surface area contributed by atoms with E-state index in [1.54, 1.807) is 29.5 Å². The van der Waals surface area contributed by atoms with Crippen molar-refractivity contribution < 1.29 is 19.4 Å². The number of aromatic nitrogens is 1. The number of carboxylic acid groups (broad SMARTS) is 1. The number of rotatable bonds is 6. The highest BCUT2D eigenvalue weighted by Crippen LogP contribution is 2.51. The van der Waals surface area contributed by atoms with Crippen molar-refractivity contribution in [1.82, 2.24) is 4.98 Å². The fourth-order valence-electron chi connectivity index (χ4n) is 3.18. The first-order chi connectivity index (χ1) is 13.6. The van der Waals surface area contributed by atoms with Crippen molar-refractivity contribution in [1.29, 1.82) is 0 Å². The van der Waals surface area contributed by atoms with Crippen LogP contribution in [0.3, 0.4) is 0 Å². The summed E-state index contributed by atoms with van der Waals surface area (Å²) in [6.07, 6.45) is 3.89. The normalized spacial score (nSPS) is 16.0. The van der Waals surface area contributed by atoms with E-state index in [1.807, 2.05) is 24.4 Å². The number of carboxylic acids is 1. The highest BCUT2D eigenvalue weighted by molar-refractivity contribution is 8.01. The number of nitrogens with zero attached hydrogens (tertiary/aromatic N) is 1. The standard InChI is InChI=1S/C20H16N2O4S2/c23-18(24)12-2-1-3-14(8-12)27-17-10-21-19(28-17)22-20(6-7-20)13-4-5-15-16(9-13)26-11-25-15/h1-5,8-10H,6-7,11H2,(H,21,22)(H,23,24). The molecular formula is C20H16N2O4S2. The van der Waals surface area contributed by atoms with E-state index in [4.69, 9.17) is 14.6 Å². The highest BCUT2D eigenvalue weighted by atomic mass is 32.2. The van der Waals surface area contributed by atoms with Crippen LogP contribution in [-0.2, 0) is 5.54 Å². The molecule has 1 aliphatic heterocycles. The minimum absolute atomic E-state index is 0.107. The van der Waals surface area contributed by atoms with Crippen molar-refractivity contribution in [3.8, 4) is 11.5 Å². The van der Waals surface area contributed by atoms with Crippen LogP contribution in [0.4, 0.5) is 5.13 Å². The summed E-state index contributed by atoms with van der Waals surface area (Å²) in [4.78, 5) is 16.5. The molecule has 2 N–H and O–H groups in total. The van der Waals surface area contributed by atoms with Gasteiger partial charge in [0.05, 0.1) is 21.5 Å². The van der Waals surface area contributed by atoms with E-state index in [0.717, 1.165) is 38.6 Å². The first kappa shape index (κ1) is 17.4. The van der Waals surface area contributed by atoms with Crippen molar-refractivity contribution in [3.05, 3.63) is 59.8 Å². The molecule has 2 aromatic carbocycles. The Hall–Kier alpha value is -2.71. The number of anilines is 1. The van der Waals surface area contributed by atoms with Gasteiger partial charge in [0.2, 0.25) is 6.79 Å². The summed E-state index contributed by atoms with van der Waals surface area (Å²) in [7, 11) is 0. The first-order valence-electron chi connectivity index (χ1n) is 8.77. The van der Waals surface area contributed by atoms with Gasteiger partial charge in [-0.25, -0.2) is 9.78 Å². The zero-order chi connectivity index (χ0) is 19.1. The lowest BCUT2D eigenvalue weighted by molar-refractivity contribution is 0.0696. The van der Waals surface area contributed by atoms with Crippen molar-refractivity contribution >= 4 is 34.2 Å². The van der Waals surface area contributed by atoms with Gasteiger partial charge in [-0.3, -0.25) is 0 Å². The Kier molecular flexibility index (Phi) is 4.17. The largest absolute Gasteiger partial charge is 0.478 e. The maximum Gasteiger partial charge on any atom is 0.335 e. The van der Waals surface area contributed by atoms with Crippen LogP contribution < -0.4 is 14.8 Å². The van der Waals surface area contributed by atoms with E-state index in [-0.39, 0.29) is 17.9 Å². The van der Waals surface area contributed by atoms with Gasteiger partial charge in [-0.2, -0.15) is 0 Å². The van der Waals surface area contributed by atoms with Crippen LogP contribution in [0.5, 0.6) is 11.5 Å². The van der Waals surface area contributed by atoms with Gasteiger partial charge in [-0.15, -0.1) is 0 Å². The van der Waals surface area contributed by atoms with Gasteiger partial charge in [0.15, 0.2) is 16.6 Å². The number of aromatic carboxylic acids is 1. The molecule has 28 heavy (non-hydrogen) atoms. The van der Waals surface area contributed by atoms with E-state index in [2.05, 4.69) is 16.4 Å². The van der Waals surface area contributed by atoms with Crippen LogP contribution >= 0.6 is 23.1 Å². The molecule has 0 amide bonds. The monoisotopic (exact) mass is 412 g/mol. The van der Waals surface area contributed by atoms with Gasteiger partial charge in [0.25, 0.3) is 0 Å². The molecule has 0 saturated heterocycles. The van der Waals surface area contributed by atoms with E-state index in [0.29, 0.717) is 0 Å². The van der Waals surface area contributed by atoms with Gasteiger partial charge in [0.1, 0.15) is 0 Å². The van der Waals surface area contributed by atoms with Gasteiger partial charge >= 0.3 is 5.97 Å². The Morgan fingerprint density at radius 2 is 2.04 bits per heavy atom. The molecule has 0 unspecified atom stereocenters. The molecule has 1 aromatic heterocycles. The Balaban J connectivity index is 1.31. The maximum absolute atomic E-state index is 11.1. The third kappa shape index (κ3) is 3.29. The molecule has 0 atom stereocenters. The first-order valence-corrected chi connectivity index (χ1v) is 10.4. The lowest BCUT2D eigenvalue weighted by Crippen LogP contribution is -2.18. The molecule has 8 heteroatoms. The predicted molar refractivity (Wildman–Crippen MR) is 107 cm³/mol. The number of benzene rings is 2. The minimum Gasteiger partial charge on any atom is -0.478 e. The quantitative estimate of drug-likeness (QED) is 0.601. The predicted octanol–water partition coefficient (Wildman–Crippen LogP) is 4.82. The van der Waals surface area contributed by atoms with Crippen LogP contribution in [0.15, 0.2) is 57.8 Å². The molecule has 142 valence electrons. The van der Waals surface area contributed by atoms with Crippen molar-refractivity contribution in [2.24, 2.45) is 0 Å². The summed E-state index contributed by atoms with van der Waals surface area (Å²) in [6, 6.07) is 13.0. The summed E-state index contributed by atoms with van der Waals surface area (Å²) in [5, 5.41) is 13.6. The lowest BCUT2D eigenvalue weighted by atomic mass is 10.0. The second kappa shape index (κ2) is 6.72. The number of thiazole rings is 1. The van der Waals surface area contributed by atoms with Gasteiger partial charge in [-0.05, 0) is 48.7 Å². The summed E-state index contributed by atoms with van der Waals surface area (Å²) >= 11 is 3.08. The third-order valence-corrected chi connectivity index (χ3v) is 6.81. The lowest BCUT2D eigenvalue weighted by Gasteiger charge is -2.17. The smallest absolute Gasteiger partial charge is 0.335 e. The second-order valence-corrected chi connectivity index (χ2v) is 9.10. The topological polar surface area (TPSA) is 80.7 Å². The molecule has 3 aromatic rings. The average molecular weight is 412 g/mol. The number of hydrogen-bond donors (Lipinski definition) is 2. The fourth-order valence-corrected chi connectivity index (χ4v) is 5.19. The number of hydrogen-bond acceptors (Lipinski definition) is 7. The van der Waals surface area contributed by atoms with Crippen molar-refractivity contribution in [2.75, 3.05) is 12.1 Å². The Labute approximate surface area is 169 Å². The maximum atomic E-state index is 11.1. The summed E-state index contributed by atoms with van der Waals surface area (Å²) in [5.74, 6) is 0.656. The third-order valence-electron chi connectivity index (χ3n) is 4.81.